The molecule has 1 N–H and O–H groups in total. The van der Waals surface area contributed by atoms with Crippen molar-refractivity contribution in [3.05, 3.63) is 45.2 Å². The van der Waals surface area contributed by atoms with Crippen molar-refractivity contribution in [2.45, 2.75) is 33.4 Å². The van der Waals surface area contributed by atoms with E-state index in [-0.39, 0.29) is 17.6 Å². The molecule has 0 aliphatic rings. The SMILES string of the molecule is CNC(C)c1ccc(OCc2nc(C)c(C)s2)c(F)c1. The summed E-state index contributed by atoms with van der Waals surface area (Å²) in [5.41, 5.74) is 1.91. The second-order valence-corrected chi connectivity index (χ2v) is 6.03. The van der Waals surface area contributed by atoms with E-state index < -0.39 is 0 Å². The number of rotatable bonds is 5. The third kappa shape index (κ3) is 3.35. The van der Waals surface area contributed by atoms with Crippen molar-refractivity contribution in [2.75, 3.05) is 7.05 Å². The summed E-state index contributed by atoms with van der Waals surface area (Å²) >= 11 is 1.58. The normalized spacial score (nSPS) is 12.4. The van der Waals surface area contributed by atoms with Crippen LogP contribution in [0.5, 0.6) is 5.75 Å². The Hall–Kier alpha value is -1.46. The molecule has 20 heavy (non-hydrogen) atoms. The molecule has 5 heteroatoms. The van der Waals surface area contributed by atoms with Gasteiger partial charge in [0.15, 0.2) is 11.6 Å². The van der Waals surface area contributed by atoms with Gasteiger partial charge in [-0.3, -0.25) is 0 Å². The maximum atomic E-state index is 14.0. The molecule has 0 fully saturated rings. The molecule has 0 amide bonds. The van der Waals surface area contributed by atoms with E-state index in [9.17, 15) is 4.39 Å². The molecule has 0 aliphatic heterocycles. The van der Waals surface area contributed by atoms with Gasteiger partial charge in [-0.05, 0) is 45.5 Å². The molecule has 1 heterocycles. The quantitative estimate of drug-likeness (QED) is 0.911. The summed E-state index contributed by atoms with van der Waals surface area (Å²) in [6.07, 6.45) is 0. The van der Waals surface area contributed by atoms with Gasteiger partial charge in [0.25, 0.3) is 0 Å². The van der Waals surface area contributed by atoms with Crippen LogP contribution in [0.25, 0.3) is 0 Å². The van der Waals surface area contributed by atoms with Crippen LogP contribution in [0.15, 0.2) is 18.2 Å². The van der Waals surface area contributed by atoms with Gasteiger partial charge in [-0.2, -0.15) is 0 Å². The predicted molar refractivity (Wildman–Crippen MR) is 79.8 cm³/mol. The number of nitrogens with one attached hydrogen (secondary N) is 1. The van der Waals surface area contributed by atoms with Crippen molar-refractivity contribution in [1.29, 1.82) is 0 Å². The Morgan fingerprint density at radius 2 is 2.15 bits per heavy atom. The van der Waals surface area contributed by atoms with Gasteiger partial charge in [-0.15, -0.1) is 11.3 Å². The largest absolute Gasteiger partial charge is 0.483 e. The molecule has 0 spiro atoms. The van der Waals surface area contributed by atoms with Crippen molar-refractivity contribution in [1.82, 2.24) is 10.3 Å². The molecule has 0 bridgehead atoms. The first-order valence-electron chi connectivity index (χ1n) is 6.53. The molecule has 0 saturated carbocycles. The predicted octanol–water partition coefficient (Wildman–Crippen LogP) is 3.76. The van der Waals surface area contributed by atoms with Crippen molar-refractivity contribution in [3.63, 3.8) is 0 Å². The number of hydrogen-bond donors (Lipinski definition) is 1. The van der Waals surface area contributed by atoms with Crippen molar-refractivity contribution >= 4 is 11.3 Å². The fourth-order valence-electron chi connectivity index (χ4n) is 1.81. The second-order valence-electron chi connectivity index (χ2n) is 4.74. The Bertz CT molecular complexity index is 578. The zero-order chi connectivity index (χ0) is 14.7. The number of aromatic nitrogens is 1. The Morgan fingerprint density at radius 3 is 2.70 bits per heavy atom. The Morgan fingerprint density at radius 1 is 1.40 bits per heavy atom. The lowest BCUT2D eigenvalue weighted by Gasteiger charge is -2.12. The average Bonchev–Trinajstić information content (AvgIpc) is 2.75. The van der Waals surface area contributed by atoms with Gasteiger partial charge in [0.1, 0.15) is 11.6 Å². The van der Waals surface area contributed by atoms with Gasteiger partial charge in [-0.1, -0.05) is 6.07 Å². The van der Waals surface area contributed by atoms with Crippen LogP contribution in [0.3, 0.4) is 0 Å². The van der Waals surface area contributed by atoms with E-state index in [1.54, 1.807) is 17.4 Å². The van der Waals surface area contributed by atoms with Gasteiger partial charge in [0.05, 0.1) is 5.69 Å². The van der Waals surface area contributed by atoms with E-state index in [0.717, 1.165) is 16.3 Å². The van der Waals surface area contributed by atoms with Crippen LogP contribution in [0.2, 0.25) is 0 Å². The van der Waals surface area contributed by atoms with Gasteiger partial charge in [-0.25, -0.2) is 9.37 Å². The molecule has 108 valence electrons. The highest BCUT2D eigenvalue weighted by atomic mass is 32.1. The first-order chi connectivity index (χ1) is 9.51. The van der Waals surface area contributed by atoms with E-state index >= 15 is 0 Å². The zero-order valence-electron chi connectivity index (χ0n) is 12.2. The lowest BCUT2D eigenvalue weighted by Crippen LogP contribution is -2.12. The Labute approximate surface area is 122 Å². The third-order valence-corrected chi connectivity index (χ3v) is 4.36. The maximum absolute atomic E-state index is 14.0. The van der Waals surface area contributed by atoms with Crippen LogP contribution in [0, 0.1) is 19.7 Å². The van der Waals surface area contributed by atoms with Crippen LogP contribution in [-0.2, 0) is 6.61 Å². The molecule has 1 atom stereocenters. The fraction of sp³-hybridized carbons (Fsp3) is 0.400. The lowest BCUT2D eigenvalue weighted by atomic mass is 10.1. The van der Waals surface area contributed by atoms with Gasteiger partial charge >= 0.3 is 0 Å². The standard InChI is InChI=1S/C15H19FN2OS/c1-9-11(3)20-15(18-9)8-19-14-6-5-12(7-13(14)16)10(2)17-4/h5-7,10,17H,8H2,1-4H3. The summed E-state index contributed by atoms with van der Waals surface area (Å²) in [5, 5.41) is 3.95. The van der Waals surface area contributed by atoms with E-state index in [4.69, 9.17) is 4.74 Å². The molecular formula is C15H19FN2OS. The lowest BCUT2D eigenvalue weighted by molar-refractivity contribution is 0.289. The van der Waals surface area contributed by atoms with E-state index in [1.165, 1.54) is 10.9 Å². The monoisotopic (exact) mass is 294 g/mol. The number of halogens is 1. The minimum atomic E-state index is -0.338. The summed E-state index contributed by atoms with van der Waals surface area (Å²) in [6.45, 7) is 6.27. The summed E-state index contributed by atoms with van der Waals surface area (Å²) in [6, 6.07) is 5.17. The van der Waals surface area contributed by atoms with Crippen LogP contribution in [0.4, 0.5) is 4.39 Å². The average molecular weight is 294 g/mol. The first-order valence-corrected chi connectivity index (χ1v) is 7.35. The molecule has 2 rings (SSSR count). The van der Waals surface area contributed by atoms with Crippen molar-refractivity contribution in [3.8, 4) is 5.75 Å². The molecule has 1 aromatic heterocycles. The maximum Gasteiger partial charge on any atom is 0.165 e. The van der Waals surface area contributed by atoms with E-state index in [2.05, 4.69) is 10.3 Å². The third-order valence-electron chi connectivity index (χ3n) is 3.31. The number of thiazole rings is 1. The molecular weight excluding hydrogens is 275 g/mol. The molecule has 0 aliphatic carbocycles. The van der Waals surface area contributed by atoms with Crippen LogP contribution >= 0.6 is 11.3 Å². The first kappa shape index (κ1) is 14.9. The van der Waals surface area contributed by atoms with E-state index in [0.29, 0.717) is 6.61 Å². The zero-order valence-corrected chi connectivity index (χ0v) is 13.0. The number of ether oxygens (including phenoxy) is 1. The molecule has 3 nitrogen and oxygen atoms in total. The van der Waals surface area contributed by atoms with Gasteiger partial charge in [0, 0.05) is 10.9 Å². The molecule has 1 aromatic carbocycles. The number of nitrogens with zero attached hydrogens (tertiary/aromatic N) is 1. The minimum Gasteiger partial charge on any atom is -0.483 e. The van der Waals surface area contributed by atoms with Crippen LogP contribution < -0.4 is 10.1 Å². The van der Waals surface area contributed by atoms with Crippen molar-refractivity contribution < 1.29 is 9.13 Å². The summed E-state index contributed by atoms with van der Waals surface area (Å²) < 4.78 is 19.5. The number of aryl methyl sites for hydroxylation is 2. The smallest absolute Gasteiger partial charge is 0.165 e. The molecule has 2 aromatic rings. The summed E-state index contributed by atoms with van der Waals surface area (Å²) in [5.74, 6) is -0.0721. The highest BCUT2D eigenvalue weighted by Crippen LogP contribution is 2.24. The Kier molecular flexibility index (Phi) is 4.73. The summed E-state index contributed by atoms with van der Waals surface area (Å²) in [4.78, 5) is 5.54. The van der Waals surface area contributed by atoms with Crippen molar-refractivity contribution in [2.24, 2.45) is 0 Å². The van der Waals surface area contributed by atoms with Gasteiger partial charge in [0.2, 0.25) is 0 Å². The van der Waals surface area contributed by atoms with Crippen LogP contribution in [0.1, 0.15) is 34.1 Å². The molecule has 0 radical (unpaired) electrons. The molecule has 0 saturated heterocycles. The number of hydrogen-bond acceptors (Lipinski definition) is 4. The van der Waals surface area contributed by atoms with E-state index in [1.807, 2.05) is 33.9 Å². The molecule has 1 unspecified atom stereocenters. The number of benzene rings is 1. The highest BCUT2D eigenvalue weighted by molar-refractivity contribution is 7.11. The van der Waals surface area contributed by atoms with Gasteiger partial charge < -0.3 is 10.1 Å². The second kappa shape index (κ2) is 6.33. The summed E-state index contributed by atoms with van der Waals surface area (Å²) in [7, 11) is 1.85. The fourth-order valence-corrected chi connectivity index (χ4v) is 2.66. The topological polar surface area (TPSA) is 34.1 Å². The van der Waals surface area contributed by atoms with Crippen LogP contribution in [-0.4, -0.2) is 12.0 Å². The Balaban J connectivity index is 2.06. The highest BCUT2D eigenvalue weighted by Gasteiger charge is 2.10. The minimum absolute atomic E-state index is 0.114.